The molecule has 0 radical (unpaired) electrons. The van der Waals surface area contributed by atoms with Gasteiger partial charge in [0.2, 0.25) is 0 Å². The molecule has 0 unspecified atom stereocenters. The van der Waals surface area contributed by atoms with E-state index < -0.39 is 0 Å². The second-order valence-electron chi connectivity index (χ2n) is 33.6. The van der Waals surface area contributed by atoms with Crippen molar-refractivity contribution in [3.63, 3.8) is 0 Å². The van der Waals surface area contributed by atoms with Crippen LogP contribution in [0.15, 0.2) is 450 Å². The zero-order valence-corrected chi connectivity index (χ0v) is 70.2. The predicted molar refractivity (Wildman–Crippen MR) is 540 cm³/mol. The number of nitrogens with zero attached hydrogens (tertiary/aromatic N) is 10. The minimum atomic E-state index is 0.903. The molecule has 10 heteroatoms. The van der Waals surface area contributed by atoms with Gasteiger partial charge in [-0.15, -0.1) is 0 Å². The zero-order chi connectivity index (χ0) is 85.4. The van der Waals surface area contributed by atoms with Crippen LogP contribution in [0.4, 0.5) is 0 Å². The van der Waals surface area contributed by atoms with E-state index in [2.05, 4.69) is 406 Å². The Bertz CT molecular complexity index is 9230. The molecular weight excluding hydrogens is 1580 g/mol. The summed E-state index contributed by atoms with van der Waals surface area (Å²) in [6, 6.07) is 149. The van der Waals surface area contributed by atoms with Gasteiger partial charge in [-0.2, -0.15) is 0 Å². The first-order valence-corrected chi connectivity index (χ1v) is 44.1. The van der Waals surface area contributed by atoms with Crippen molar-refractivity contribution in [2.45, 2.75) is 0 Å². The molecule has 27 rings (SSSR count). The Hall–Kier alpha value is -17.6. The van der Waals surface area contributed by atoms with Gasteiger partial charge >= 0.3 is 0 Å². The Kier molecular flexibility index (Phi) is 17.1. The first-order valence-electron chi connectivity index (χ1n) is 44.1. The number of fused-ring (bicyclic) bond motifs is 24. The fourth-order valence-corrected chi connectivity index (χ4v) is 20.6. The highest BCUT2D eigenvalue weighted by molar-refractivity contribution is 6.39. The van der Waals surface area contributed by atoms with Crippen molar-refractivity contribution < 1.29 is 0 Å². The van der Waals surface area contributed by atoms with Crippen LogP contribution in [-0.4, -0.2) is 48.0 Å². The number of aromatic nitrogens is 10. The summed E-state index contributed by atoms with van der Waals surface area (Å²) >= 11 is 0. The van der Waals surface area contributed by atoms with E-state index in [4.69, 9.17) is 29.9 Å². The molecule has 10 nitrogen and oxygen atoms in total. The SMILES string of the molecule is c1ccc(-c2c(-c3ccccc3)n(-c3ccc(-c4cn5ccccc5n4)cc3)c3c4ccccc4c4cc(-c5cnc6c(ccc7cccnc76)c5)c5ccccc5c4c23)cc1.c1ccc(-c2c(-c3ccccc3)n(-c3ccc(-c4nc5ccccc5n4-c4ccccc4)cc3)c3c4ccccc4c4cc(-c5cnc6c(ccc7cccnc76)c5)c5ccccc5c4c23)cc1. The Morgan fingerprint density at radius 2 is 0.631 bits per heavy atom. The quantitative estimate of drug-likeness (QED) is 0.120. The third kappa shape index (κ3) is 11.8. The molecule has 0 saturated heterocycles. The van der Waals surface area contributed by atoms with Crippen LogP contribution in [0, 0.1) is 0 Å². The van der Waals surface area contributed by atoms with Crippen LogP contribution in [0.25, 0.3) is 253 Å². The zero-order valence-electron chi connectivity index (χ0n) is 70.2. The van der Waals surface area contributed by atoms with Crippen molar-refractivity contribution in [2.24, 2.45) is 0 Å². The lowest BCUT2D eigenvalue weighted by molar-refractivity contribution is 1.10. The molecule has 27 aromatic rings. The maximum Gasteiger partial charge on any atom is 0.145 e. The highest BCUT2D eigenvalue weighted by Crippen LogP contribution is 2.55. The van der Waals surface area contributed by atoms with Crippen LogP contribution in [0.1, 0.15) is 0 Å². The standard InChI is InChI=1S/C63H39N5.C57H35N5/c1-4-17-40(18-5-1)56-58-57-50-26-12-10-24-48(50)52(45-37-44-31-30-41-21-16-36-64-59(41)60(44)65-39-45)38-53(57)49-25-11-13-27-51(49)62(58)68(61(56)42-19-6-2-7-20-42)47-34-32-43(33-35-47)63-66-54-28-14-15-29-55(54)67(63)46-22-8-3-9-23-46;1-3-14-37(15-4-1)51-53-52-45-21-9-7-19-43(45)47(41-32-40-25-24-38-18-13-30-58-54(38)55(40)59-34-41)33-48(52)44-20-8-10-22-46(44)57(53)62(56(51)39-16-5-2-6-17-39)42-28-26-36(27-29-42)49-35-61-31-12-11-23-50(61)60-49/h1-39H;1-35H. The second kappa shape index (κ2) is 30.1. The number of rotatable bonds is 11. The van der Waals surface area contributed by atoms with E-state index >= 15 is 0 Å². The predicted octanol–water partition coefficient (Wildman–Crippen LogP) is 30.7. The van der Waals surface area contributed by atoms with E-state index in [1.165, 1.54) is 103 Å². The summed E-state index contributed by atoms with van der Waals surface area (Å²) in [5.41, 5.74) is 29.0. The molecule has 0 spiro atoms. The first-order chi connectivity index (χ1) is 64.5. The summed E-state index contributed by atoms with van der Waals surface area (Å²) in [7, 11) is 0. The van der Waals surface area contributed by atoms with E-state index in [9.17, 15) is 0 Å². The fourth-order valence-electron chi connectivity index (χ4n) is 20.6. The topological polar surface area (TPSA) is 96.5 Å². The number of pyridine rings is 5. The van der Waals surface area contributed by atoms with Crippen molar-refractivity contribution in [1.29, 1.82) is 0 Å². The average Bonchev–Trinajstić information content (AvgIpc) is 1.51. The van der Waals surface area contributed by atoms with Crippen LogP contribution in [-0.2, 0) is 0 Å². The molecule has 0 amide bonds. The van der Waals surface area contributed by atoms with Crippen LogP contribution in [0.2, 0.25) is 0 Å². The van der Waals surface area contributed by atoms with Crippen LogP contribution >= 0.6 is 0 Å². The molecule has 0 atom stereocenters. The smallest absolute Gasteiger partial charge is 0.145 e. The van der Waals surface area contributed by atoms with Gasteiger partial charge in [0.15, 0.2) is 0 Å². The molecule has 0 saturated carbocycles. The molecule has 9 aromatic heterocycles. The van der Waals surface area contributed by atoms with Crippen molar-refractivity contribution in [3.8, 4) is 107 Å². The summed E-state index contributed by atoms with van der Waals surface area (Å²) < 4.78 is 9.37. The van der Waals surface area contributed by atoms with E-state index in [0.29, 0.717) is 0 Å². The van der Waals surface area contributed by atoms with E-state index in [1.807, 2.05) is 61.3 Å². The summed E-state index contributed by atoms with van der Waals surface area (Å²) in [6.45, 7) is 0. The number of hydrogen-bond donors (Lipinski definition) is 0. The number of para-hydroxylation sites is 3. The molecule has 0 bridgehead atoms. The molecule has 0 fully saturated rings. The van der Waals surface area contributed by atoms with Crippen molar-refractivity contribution in [3.05, 3.63) is 450 Å². The molecule has 130 heavy (non-hydrogen) atoms. The molecule has 0 aliphatic rings. The number of hydrogen-bond acceptors (Lipinski definition) is 6. The van der Waals surface area contributed by atoms with Crippen molar-refractivity contribution in [1.82, 2.24) is 48.0 Å². The van der Waals surface area contributed by atoms with Gasteiger partial charge in [0.05, 0.1) is 61.2 Å². The lowest BCUT2D eigenvalue weighted by Gasteiger charge is -2.17. The first kappa shape index (κ1) is 73.9. The van der Waals surface area contributed by atoms with Gasteiger partial charge in [-0.25, -0.2) is 9.97 Å². The van der Waals surface area contributed by atoms with Crippen molar-refractivity contribution in [2.75, 3.05) is 0 Å². The maximum absolute atomic E-state index is 5.23. The van der Waals surface area contributed by atoms with Gasteiger partial charge in [-0.05, 0) is 186 Å². The van der Waals surface area contributed by atoms with Crippen LogP contribution in [0.5, 0.6) is 0 Å². The molecule has 9 heterocycles. The van der Waals surface area contributed by atoms with Gasteiger partial charge in [0.1, 0.15) is 11.5 Å². The molecular formula is C120H74N10. The van der Waals surface area contributed by atoms with Crippen LogP contribution < -0.4 is 0 Å². The maximum atomic E-state index is 5.23. The molecule has 0 N–H and O–H groups in total. The van der Waals surface area contributed by atoms with E-state index in [1.54, 1.807) is 0 Å². The van der Waals surface area contributed by atoms with Gasteiger partial charge in [-0.3, -0.25) is 24.5 Å². The summed E-state index contributed by atoms with van der Waals surface area (Å²) in [6.07, 6.45) is 11.9. The highest BCUT2D eigenvalue weighted by atomic mass is 15.1. The Morgan fingerprint density at radius 3 is 1.12 bits per heavy atom. The number of benzene rings is 18. The monoisotopic (exact) mass is 1650 g/mol. The Morgan fingerprint density at radius 1 is 0.231 bits per heavy atom. The normalized spacial score (nSPS) is 11.8. The van der Waals surface area contributed by atoms with Gasteiger partial charge < -0.3 is 13.5 Å². The second-order valence-corrected chi connectivity index (χ2v) is 33.6. The van der Waals surface area contributed by atoms with Crippen molar-refractivity contribution >= 4 is 147 Å². The minimum Gasteiger partial charge on any atom is -0.308 e. The summed E-state index contributed by atoms with van der Waals surface area (Å²) in [5.74, 6) is 0.903. The molecule has 0 aliphatic heterocycles. The van der Waals surface area contributed by atoms with E-state index in [0.717, 1.165) is 150 Å². The van der Waals surface area contributed by atoms with Gasteiger partial charge in [0.25, 0.3) is 0 Å². The molecule has 18 aromatic carbocycles. The summed E-state index contributed by atoms with van der Waals surface area (Å²) in [5, 5.41) is 21.1. The molecule has 0 aliphatic carbocycles. The lowest BCUT2D eigenvalue weighted by atomic mass is 9.87. The third-order valence-electron chi connectivity index (χ3n) is 26.3. The number of imidazole rings is 2. The van der Waals surface area contributed by atoms with Crippen LogP contribution in [0.3, 0.4) is 0 Å². The average molecular weight is 1660 g/mol. The van der Waals surface area contributed by atoms with Gasteiger partial charge in [-0.1, -0.05) is 303 Å². The van der Waals surface area contributed by atoms with E-state index in [-0.39, 0.29) is 0 Å². The minimum absolute atomic E-state index is 0.903. The fraction of sp³-hybridized carbons (Fsp3) is 0. The molecule has 604 valence electrons. The Labute approximate surface area is 746 Å². The largest absolute Gasteiger partial charge is 0.308 e. The summed E-state index contributed by atoms with van der Waals surface area (Å²) in [4.78, 5) is 29.8. The highest BCUT2D eigenvalue weighted by Gasteiger charge is 2.31. The Balaban J connectivity index is 0.000000137. The lowest BCUT2D eigenvalue weighted by Crippen LogP contribution is -2.00. The third-order valence-corrected chi connectivity index (χ3v) is 26.3. The van der Waals surface area contributed by atoms with Gasteiger partial charge in [0, 0.05) is 141 Å².